The Bertz CT molecular complexity index is 893. The maximum Gasteiger partial charge on any atom is 0.326 e. The van der Waals surface area contributed by atoms with Gasteiger partial charge in [-0.15, -0.1) is 11.8 Å². The Labute approximate surface area is 227 Å². The highest BCUT2D eigenvalue weighted by atomic mass is 32.2. The van der Waals surface area contributed by atoms with Crippen molar-refractivity contribution in [2.45, 2.75) is 82.0 Å². The SMILES string of the molecule is C[C@@H](C(=O)O)N(C)C(=O)CCS[C@H]1CC(=O)N(CC2CCC(C(=O)NCCCCC(N)C(=O)O)CC2)C1=O. The fourth-order valence-electron chi connectivity index (χ4n) is 4.66. The zero-order valence-corrected chi connectivity index (χ0v) is 22.9. The monoisotopic (exact) mass is 556 g/mol. The normalized spacial score (nSPS) is 23.1. The first-order chi connectivity index (χ1) is 17.9. The Kier molecular flexibility index (Phi) is 12.5. The summed E-state index contributed by atoms with van der Waals surface area (Å²) < 4.78 is 0. The molecule has 214 valence electrons. The van der Waals surface area contributed by atoms with Gasteiger partial charge in [0.05, 0.1) is 5.25 Å². The molecule has 5 N–H and O–H groups in total. The highest BCUT2D eigenvalue weighted by Crippen LogP contribution is 2.32. The van der Waals surface area contributed by atoms with Gasteiger partial charge in [0.15, 0.2) is 0 Å². The number of nitrogens with zero attached hydrogens (tertiary/aromatic N) is 2. The van der Waals surface area contributed by atoms with Gasteiger partial charge in [-0.25, -0.2) is 4.79 Å². The van der Waals surface area contributed by atoms with Crippen LogP contribution in [0.25, 0.3) is 0 Å². The molecule has 2 fully saturated rings. The summed E-state index contributed by atoms with van der Waals surface area (Å²) in [4.78, 5) is 74.2. The van der Waals surface area contributed by atoms with E-state index in [2.05, 4.69) is 5.32 Å². The van der Waals surface area contributed by atoms with E-state index < -0.39 is 29.3 Å². The minimum Gasteiger partial charge on any atom is -0.480 e. The van der Waals surface area contributed by atoms with Crippen LogP contribution < -0.4 is 11.1 Å². The van der Waals surface area contributed by atoms with E-state index in [1.54, 1.807) is 0 Å². The smallest absolute Gasteiger partial charge is 0.326 e. The number of unbranched alkanes of at least 4 members (excludes halogenated alkanes) is 1. The first-order valence-corrected chi connectivity index (χ1v) is 14.2. The van der Waals surface area contributed by atoms with Crippen molar-refractivity contribution >= 4 is 47.3 Å². The Morgan fingerprint density at radius 3 is 2.37 bits per heavy atom. The minimum atomic E-state index is -1.09. The van der Waals surface area contributed by atoms with Gasteiger partial charge in [-0.1, -0.05) is 0 Å². The van der Waals surface area contributed by atoms with E-state index in [-0.39, 0.29) is 48.3 Å². The van der Waals surface area contributed by atoms with Crippen molar-refractivity contribution in [3.8, 4) is 0 Å². The topological polar surface area (TPSA) is 187 Å². The van der Waals surface area contributed by atoms with Gasteiger partial charge in [-0.3, -0.25) is 28.9 Å². The molecular weight excluding hydrogens is 516 g/mol. The summed E-state index contributed by atoms with van der Waals surface area (Å²) in [7, 11) is 1.43. The second-order valence-corrected chi connectivity index (χ2v) is 11.4. The number of rotatable bonds is 15. The number of likely N-dealkylation sites (N-methyl/N-ethyl adjacent to an activating group) is 1. The summed E-state index contributed by atoms with van der Waals surface area (Å²) in [5, 5.41) is 20.2. The number of amides is 4. The number of hydrogen-bond donors (Lipinski definition) is 4. The molecule has 0 bridgehead atoms. The molecular formula is C25H40N4O8S. The lowest BCUT2D eigenvalue weighted by molar-refractivity contribution is -0.148. The van der Waals surface area contributed by atoms with Crippen molar-refractivity contribution in [1.82, 2.24) is 15.1 Å². The zero-order valence-electron chi connectivity index (χ0n) is 22.1. The summed E-state index contributed by atoms with van der Waals surface area (Å²) in [6.45, 7) is 2.24. The van der Waals surface area contributed by atoms with Gasteiger partial charge in [-0.2, -0.15) is 0 Å². The average Bonchev–Trinajstić information content (AvgIpc) is 3.14. The standard InChI is InChI=1S/C25H40N4O8S/c1-15(24(34)35)28(2)20(30)10-12-38-19-13-21(31)29(23(19)33)14-16-6-8-17(9-7-16)22(32)27-11-4-3-5-18(26)25(36)37/h15-19H,3-14,26H2,1-2H3,(H,27,32)(H,34,35)(H,36,37)/t15-,16?,17?,18?,19-/m0/s1. The summed E-state index contributed by atoms with van der Waals surface area (Å²) in [6.07, 6.45) is 4.66. The zero-order chi connectivity index (χ0) is 28.4. The van der Waals surface area contributed by atoms with E-state index in [1.807, 2.05) is 0 Å². The third-order valence-corrected chi connectivity index (χ3v) is 8.60. The molecule has 2 aliphatic rings. The number of likely N-dealkylation sites (tertiary alicyclic amines) is 1. The molecule has 4 amide bonds. The summed E-state index contributed by atoms with van der Waals surface area (Å²) >= 11 is 1.25. The van der Waals surface area contributed by atoms with Gasteiger partial charge in [-0.05, 0) is 57.8 Å². The molecule has 0 aromatic rings. The van der Waals surface area contributed by atoms with Crippen molar-refractivity contribution in [3.05, 3.63) is 0 Å². The third-order valence-electron chi connectivity index (χ3n) is 7.39. The van der Waals surface area contributed by atoms with Gasteiger partial charge in [0.2, 0.25) is 23.6 Å². The lowest BCUT2D eigenvalue weighted by Crippen LogP contribution is -2.40. The van der Waals surface area contributed by atoms with Crippen LogP contribution in [0.1, 0.15) is 64.7 Å². The Morgan fingerprint density at radius 2 is 1.76 bits per heavy atom. The van der Waals surface area contributed by atoms with Crippen LogP contribution in [0, 0.1) is 11.8 Å². The highest BCUT2D eigenvalue weighted by molar-refractivity contribution is 8.00. The van der Waals surface area contributed by atoms with Gasteiger partial charge in [0.1, 0.15) is 12.1 Å². The molecule has 1 aliphatic carbocycles. The largest absolute Gasteiger partial charge is 0.480 e. The molecule has 13 heteroatoms. The number of carbonyl (C=O) groups excluding carboxylic acids is 4. The maximum atomic E-state index is 12.8. The molecule has 0 aromatic carbocycles. The minimum absolute atomic E-state index is 0.0197. The molecule has 0 spiro atoms. The molecule has 3 atom stereocenters. The first kappa shape index (κ1) is 31.5. The van der Waals surface area contributed by atoms with Gasteiger partial charge in [0, 0.05) is 44.6 Å². The number of hydrogen-bond acceptors (Lipinski definition) is 8. The summed E-state index contributed by atoms with van der Waals surface area (Å²) in [6, 6.07) is -1.82. The highest BCUT2D eigenvalue weighted by Gasteiger charge is 2.40. The molecule has 1 unspecified atom stereocenters. The van der Waals surface area contributed by atoms with Crippen LogP contribution in [0.3, 0.4) is 0 Å². The Balaban J connectivity index is 1.68. The van der Waals surface area contributed by atoms with Crippen LogP contribution in [-0.2, 0) is 28.8 Å². The Morgan fingerprint density at radius 1 is 1.11 bits per heavy atom. The molecule has 0 radical (unpaired) electrons. The van der Waals surface area contributed by atoms with Crippen molar-refractivity contribution in [1.29, 1.82) is 0 Å². The van der Waals surface area contributed by atoms with Crippen molar-refractivity contribution in [2.24, 2.45) is 17.6 Å². The van der Waals surface area contributed by atoms with Crippen molar-refractivity contribution < 1.29 is 39.0 Å². The fraction of sp³-hybridized carbons (Fsp3) is 0.760. The van der Waals surface area contributed by atoms with Crippen LogP contribution in [-0.4, -0.2) is 98.8 Å². The number of thioether (sulfide) groups is 1. The van der Waals surface area contributed by atoms with Gasteiger partial charge in [0.25, 0.3) is 0 Å². The lowest BCUT2D eigenvalue weighted by Gasteiger charge is -2.30. The second kappa shape index (κ2) is 15.1. The third kappa shape index (κ3) is 9.26. The molecule has 1 saturated heterocycles. The first-order valence-electron chi connectivity index (χ1n) is 13.1. The van der Waals surface area contributed by atoms with E-state index in [1.165, 1.54) is 30.6 Å². The second-order valence-electron chi connectivity index (χ2n) is 10.1. The summed E-state index contributed by atoms with van der Waals surface area (Å²) in [5.74, 6) is -2.59. The van der Waals surface area contributed by atoms with E-state index in [0.29, 0.717) is 50.9 Å². The van der Waals surface area contributed by atoms with Crippen molar-refractivity contribution in [3.63, 3.8) is 0 Å². The fourth-order valence-corrected chi connectivity index (χ4v) is 5.76. The van der Waals surface area contributed by atoms with Crippen LogP contribution in [0.2, 0.25) is 0 Å². The lowest BCUT2D eigenvalue weighted by atomic mass is 9.81. The van der Waals surface area contributed by atoms with E-state index in [4.69, 9.17) is 15.9 Å². The van der Waals surface area contributed by atoms with Crippen molar-refractivity contribution in [2.75, 3.05) is 25.9 Å². The van der Waals surface area contributed by atoms with Gasteiger partial charge < -0.3 is 26.2 Å². The molecule has 1 saturated carbocycles. The number of carbonyl (C=O) groups is 6. The predicted octanol–water partition coefficient (Wildman–Crippen LogP) is 0.674. The average molecular weight is 557 g/mol. The quantitative estimate of drug-likeness (QED) is 0.165. The molecule has 38 heavy (non-hydrogen) atoms. The molecule has 0 aromatic heterocycles. The molecule has 1 heterocycles. The van der Waals surface area contributed by atoms with Crippen LogP contribution >= 0.6 is 11.8 Å². The van der Waals surface area contributed by atoms with E-state index >= 15 is 0 Å². The molecule has 12 nitrogen and oxygen atoms in total. The number of carboxylic acids is 2. The number of aliphatic carboxylic acids is 2. The number of imide groups is 1. The number of carboxylic acid groups (broad SMARTS) is 2. The Hall–Kier alpha value is -2.67. The molecule has 2 rings (SSSR count). The maximum absolute atomic E-state index is 12.8. The number of nitrogens with two attached hydrogens (primary N) is 1. The van der Waals surface area contributed by atoms with E-state index in [9.17, 15) is 28.8 Å². The predicted molar refractivity (Wildman–Crippen MR) is 140 cm³/mol. The molecule has 1 aliphatic heterocycles. The van der Waals surface area contributed by atoms with Crippen LogP contribution in [0.15, 0.2) is 0 Å². The van der Waals surface area contributed by atoms with Gasteiger partial charge >= 0.3 is 11.9 Å². The van der Waals surface area contributed by atoms with Crippen LogP contribution in [0.5, 0.6) is 0 Å². The number of nitrogens with one attached hydrogen (secondary N) is 1. The van der Waals surface area contributed by atoms with Crippen LogP contribution in [0.4, 0.5) is 0 Å². The van der Waals surface area contributed by atoms with E-state index in [0.717, 1.165) is 17.7 Å². The summed E-state index contributed by atoms with van der Waals surface area (Å²) in [5.41, 5.74) is 5.47.